The molecule has 1 aliphatic heterocycles. The van der Waals surface area contributed by atoms with Crippen molar-refractivity contribution in [2.24, 2.45) is 5.92 Å². The molecule has 37 heavy (non-hydrogen) atoms. The Kier molecular flexibility index (Phi) is 8.99. The third-order valence-corrected chi connectivity index (χ3v) is 9.37. The molecule has 0 bridgehead atoms. The summed E-state index contributed by atoms with van der Waals surface area (Å²) in [7, 11) is -3.80. The Morgan fingerprint density at radius 1 is 1.19 bits per heavy atom. The van der Waals surface area contributed by atoms with Crippen LogP contribution in [0, 0.1) is 5.92 Å². The van der Waals surface area contributed by atoms with E-state index in [4.69, 9.17) is 9.47 Å². The summed E-state index contributed by atoms with van der Waals surface area (Å²) in [5, 5.41) is 3.90. The van der Waals surface area contributed by atoms with Crippen molar-refractivity contribution in [1.82, 2.24) is 15.0 Å². The summed E-state index contributed by atoms with van der Waals surface area (Å²) >= 11 is 1.49. The second-order valence-corrected chi connectivity index (χ2v) is 12.9. The molecule has 2 heterocycles. The minimum absolute atomic E-state index is 0.0666. The molecule has 2 N–H and O–H groups in total. The lowest BCUT2D eigenvalue weighted by Crippen LogP contribution is -2.44. The molecular weight excluding hydrogens is 514 g/mol. The molecule has 202 valence electrons. The van der Waals surface area contributed by atoms with E-state index in [0.29, 0.717) is 30.8 Å². The number of hydrogen-bond donors (Lipinski definition) is 2. The first-order chi connectivity index (χ1) is 17.7. The van der Waals surface area contributed by atoms with Crippen LogP contribution in [0.5, 0.6) is 0 Å². The van der Waals surface area contributed by atoms with Crippen LogP contribution in [0.4, 0.5) is 4.79 Å². The minimum Gasteiger partial charge on any atom is -0.441 e. The van der Waals surface area contributed by atoms with Gasteiger partial charge in [0.25, 0.3) is 0 Å². The quantitative estimate of drug-likeness (QED) is 0.419. The van der Waals surface area contributed by atoms with E-state index in [-0.39, 0.29) is 41.2 Å². The van der Waals surface area contributed by atoms with E-state index in [9.17, 15) is 18.0 Å². The van der Waals surface area contributed by atoms with E-state index in [0.717, 1.165) is 35.6 Å². The number of Topliss-reactive ketones (excluding diaryl/α,β-unsaturated/α-hetero) is 1. The highest BCUT2D eigenvalue weighted by Crippen LogP contribution is 2.39. The molecule has 11 heteroatoms. The van der Waals surface area contributed by atoms with Crippen LogP contribution < -0.4 is 10.0 Å². The Balaban J connectivity index is 1.47. The number of nitrogens with one attached hydrogen (secondary N) is 2. The molecule has 2 aromatic rings. The highest BCUT2D eigenvalue weighted by atomic mass is 32.2. The van der Waals surface area contributed by atoms with E-state index in [2.05, 4.69) is 15.0 Å². The maximum absolute atomic E-state index is 13.1. The highest BCUT2D eigenvalue weighted by molar-refractivity contribution is 7.89. The third kappa shape index (κ3) is 6.95. The van der Waals surface area contributed by atoms with Crippen molar-refractivity contribution in [1.29, 1.82) is 0 Å². The van der Waals surface area contributed by atoms with E-state index in [1.54, 1.807) is 25.3 Å². The number of alkyl carbamates (subject to hydrolysis) is 1. The van der Waals surface area contributed by atoms with Gasteiger partial charge in [-0.15, -0.1) is 11.3 Å². The summed E-state index contributed by atoms with van der Waals surface area (Å²) in [6.45, 7) is 6.81. The SMILES string of the molecule is CCNS(=O)(=O)c1cc(C(=O)CC(C)C)ccc1-c1cnc(C2CCC(NC(=O)OC3COC3)CC2)s1. The van der Waals surface area contributed by atoms with Crippen LogP contribution in [0.1, 0.15) is 74.2 Å². The Bertz CT molecular complexity index is 1210. The summed E-state index contributed by atoms with van der Waals surface area (Å²) in [4.78, 5) is 30.2. The number of ketones is 1. The first-order valence-electron chi connectivity index (χ1n) is 12.8. The molecule has 2 fully saturated rings. The van der Waals surface area contributed by atoms with Crippen LogP contribution in [0.15, 0.2) is 29.3 Å². The molecule has 1 aromatic carbocycles. The van der Waals surface area contributed by atoms with Gasteiger partial charge in [0.2, 0.25) is 10.0 Å². The first kappa shape index (κ1) is 27.7. The summed E-state index contributed by atoms with van der Waals surface area (Å²) in [5.74, 6) is 0.349. The van der Waals surface area contributed by atoms with Gasteiger partial charge in [0.15, 0.2) is 11.9 Å². The smallest absolute Gasteiger partial charge is 0.407 e. The van der Waals surface area contributed by atoms with Crippen LogP contribution >= 0.6 is 11.3 Å². The average Bonchev–Trinajstić information content (AvgIpc) is 3.31. The molecule has 2 aliphatic rings. The number of amides is 1. The molecule has 1 saturated carbocycles. The number of thiazole rings is 1. The van der Waals surface area contributed by atoms with Gasteiger partial charge in [0.05, 0.1) is 28.0 Å². The lowest BCUT2D eigenvalue weighted by atomic mass is 9.86. The number of carbonyl (C=O) groups is 2. The second kappa shape index (κ2) is 12.0. The van der Waals surface area contributed by atoms with Crippen molar-refractivity contribution in [3.05, 3.63) is 35.0 Å². The maximum atomic E-state index is 13.1. The van der Waals surface area contributed by atoms with E-state index < -0.39 is 16.1 Å². The number of ether oxygens (including phenoxy) is 2. The van der Waals surface area contributed by atoms with Gasteiger partial charge in [-0.05, 0) is 37.7 Å². The van der Waals surface area contributed by atoms with Crippen molar-refractivity contribution >= 4 is 33.2 Å². The molecule has 1 saturated heterocycles. The molecule has 1 amide bonds. The zero-order valence-electron chi connectivity index (χ0n) is 21.5. The summed E-state index contributed by atoms with van der Waals surface area (Å²) < 4.78 is 39.0. The summed E-state index contributed by atoms with van der Waals surface area (Å²) in [6.07, 6.45) is 4.93. The topological polar surface area (TPSA) is 124 Å². The Morgan fingerprint density at radius 3 is 2.54 bits per heavy atom. The van der Waals surface area contributed by atoms with Crippen LogP contribution in [-0.4, -0.2) is 57.2 Å². The van der Waals surface area contributed by atoms with Gasteiger partial charge < -0.3 is 14.8 Å². The molecule has 4 rings (SSSR count). The number of aromatic nitrogens is 1. The molecule has 0 spiro atoms. The molecule has 0 atom stereocenters. The molecule has 1 aromatic heterocycles. The number of hydrogen-bond acceptors (Lipinski definition) is 8. The highest BCUT2D eigenvalue weighted by Gasteiger charge is 2.29. The van der Waals surface area contributed by atoms with Gasteiger partial charge >= 0.3 is 6.09 Å². The van der Waals surface area contributed by atoms with E-state index in [1.807, 2.05) is 13.8 Å². The molecule has 0 unspecified atom stereocenters. The predicted octanol–water partition coefficient (Wildman–Crippen LogP) is 4.49. The number of carbonyl (C=O) groups excluding carboxylic acids is 2. The van der Waals surface area contributed by atoms with Gasteiger partial charge in [-0.25, -0.2) is 22.9 Å². The summed E-state index contributed by atoms with van der Waals surface area (Å²) in [6, 6.07) is 4.98. The van der Waals surface area contributed by atoms with E-state index >= 15 is 0 Å². The predicted molar refractivity (Wildman–Crippen MR) is 141 cm³/mol. The fourth-order valence-corrected chi connectivity index (χ4v) is 7.07. The molecular formula is C26H35N3O6S2. The molecule has 9 nitrogen and oxygen atoms in total. The minimum atomic E-state index is -3.80. The zero-order chi connectivity index (χ0) is 26.6. The lowest BCUT2D eigenvalue weighted by Gasteiger charge is -2.30. The monoisotopic (exact) mass is 549 g/mol. The third-order valence-electron chi connectivity index (χ3n) is 6.59. The largest absolute Gasteiger partial charge is 0.441 e. The fourth-order valence-electron chi connectivity index (χ4n) is 4.60. The van der Waals surface area contributed by atoms with Gasteiger partial charge in [0, 0.05) is 42.2 Å². The number of sulfonamides is 1. The van der Waals surface area contributed by atoms with Crippen molar-refractivity contribution in [3.63, 3.8) is 0 Å². The van der Waals surface area contributed by atoms with Crippen molar-refractivity contribution in [2.45, 2.75) is 75.8 Å². The van der Waals surface area contributed by atoms with Crippen molar-refractivity contribution in [3.8, 4) is 10.4 Å². The molecule has 1 aliphatic carbocycles. The maximum Gasteiger partial charge on any atom is 0.407 e. The van der Waals surface area contributed by atoms with Crippen molar-refractivity contribution < 1.29 is 27.5 Å². The number of rotatable bonds is 10. The van der Waals surface area contributed by atoms with Gasteiger partial charge in [-0.1, -0.05) is 32.9 Å². The van der Waals surface area contributed by atoms with Crippen LogP contribution in [0.25, 0.3) is 10.4 Å². The van der Waals surface area contributed by atoms with Crippen LogP contribution in [0.3, 0.4) is 0 Å². The first-order valence-corrected chi connectivity index (χ1v) is 15.1. The zero-order valence-corrected chi connectivity index (χ0v) is 23.1. The Labute approximate surface area is 222 Å². The second-order valence-electron chi connectivity index (χ2n) is 10.1. The van der Waals surface area contributed by atoms with Gasteiger partial charge in [-0.3, -0.25) is 4.79 Å². The van der Waals surface area contributed by atoms with Gasteiger partial charge in [0.1, 0.15) is 0 Å². The van der Waals surface area contributed by atoms with Crippen LogP contribution in [0.2, 0.25) is 0 Å². The normalized spacial score (nSPS) is 20.4. The molecule has 0 radical (unpaired) electrons. The average molecular weight is 550 g/mol. The number of benzene rings is 1. The Morgan fingerprint density at radius 2 is 1.92 bits per heavy atom. The van der Waals surface area contributed by atoms with E-state index in [1.165, 1.54) is 17.4 Å². The van der Waals surface area contributed by atoms with Gasteiger partial charge in [-0.2, -0.15) is 0 Å². The fraction of sp³-hybridized carbons (Fsp3) is 0.577. The van der Waals surface area contributed by atoms with Crippen LogP contribution in [-0.2, 0) is 19.5 Å². The lowest BCUT2D eigenvalue weighted by molar-refractivity contribution is -0.0985. The standard InChI is InChI=1S/C26H35N3O6S2/c1-4-28-37(32,33)24-12-18(22(30)11-16(2)3)7-10-21(24)23-13-27-25(36-23)17-5-8-19(9-6-17)29-26(31)35-20-14-34-15-20/h7,10,12-13,16-17,19-20,28H,4-6,8-9,11,14-15H2,1-3H3,(H,29,31). The Hall–Kier alpha value is -2.34. The summed E-state index contributed by atoms with van der Waals surface area (Å²) in [5.41, 5.74) is 0.941. The number of nitrogens with zero attached hydrogens (tertiary/aromatic N) is 1. The van der Waals surface area contributed by atoms with Crippen molar-refractivity contribution in [2.75, 3.05) is 19.8 Å².